The van der Waals surface area contributed by atoms with Crippen LogP contribution in [0.5, 0.6) is 0 Å². The van der Waals surface area contributed by atoms with Gasteiger partial charge >= 0.3 is 0 Å². The van der Waals surface area contributed by atoms with Crippen molar-refractivity contribution in [2.45, 2.75) is 45.6 Å². The van der Waals surface area contributed by atoms with E-state index in [0.29, 0.717) is 11.6 Å². The fourth-order valence-corrected chi connectivity index (χ4v) is 1.76. The predicted octanol–water partition coefficient (Wildman–Crippen LogP) is 2.73. The van der Waals surface area contributed by atoms with Crippen LogP contribution in [-0.2, 0) is 0 Å². The summed E-state index contributed by atoms with van der Waals surface area (Å²) in [4.78, 5) is 8.12. The smallest absolute Gasteiger partial charge is 0.100 e. The van der Waals surface area contributed by atoms with E-state index in [-0.39, 0.29) is 0 Å². The van der Waals surface area contributed by atoms with Gasteiger partial charge in [-0.2, -0.15) is 0 Å². The number of aromatic nitrogens is 2. The van der Waals surface area contributed by atoms with Crippen LogP contribution in [0.4, 0.5) is 0 Å². The lowest BCUT2D eigenvalue weighted by Crippen LogP contribution is -2.13. The number of aliphatic hydroxyl groups excluding tert-OH is 1. The molecule has 0 spiro atoms. The molecule has 0 saturated carbocycles. The molecule has 15 heavy (non-hydrogen) atoms. The first kappa shape index (κ1) is 12.1. The second-order valence-corrected chi connectivity index (χ2v) is 3.89. The summed E-state index contributed by atoms with van der Waals surface area (Å²) in [5.74, 6) is 0.307. The highest BCUT2D eigenvalue weighted by Crippen LogP contribution is 2.26. The van der Waals surface area contributed by atoms with Gasteiger partial charge in [-0.15, -0.1) is 0 Å². The number of aliphatic hydroxyl groups is 1. The molecule has 2 atom stereocenters. The summed E-state index contributed by atoms with van der Waals surface area (Å²) >= 11 is 0. The Labute approximate surface area is 91.6 Å². The SMILES string of the molecule is CCCCC(CC)C(O)c1cnccn1. The second kappa shape index (κ2) is 6.51. The quantitative estimate of drug-likeness (QED) is 0.781. The van der Waals surface area contributed by atoms with E-state index < -0.39 is 6.10 Å². The van der Waals surface area contributed by atoms with Crippen molar-refractivity contribution in [3.63, 3.8) is 0 Å². The normalized spacial score (nSPS) is 14.9. The second-order valence-electron chi connectivity index (χ2n) is 3.89. The van der Waals surface area contributed by atoms with Crippen LogP contribution in [0.2, 0.25) is 0 Å². The molecule has 0 saturated heterocycles. The molecular formula is C12H20N2O. The molecule has 0 aliphatic carbocycles. The van der Waals surface area contributed by atoms with E-state index >= 15 is 0 Å². The van der Waals surface area contributed by atoms with Gasteiger partial charge in [0.15, 0.2) is 0 Å². The van der Waals surface area contributed by atoms with E-state index in [2.05, 4.69) is 23.8 Å². The van der Waals surface area contributed by atoms with Crippen molar-refractivity contribution in [3.8, 4) is 0 Å². The van der Waals surface area contributed by atoms with E-state index in [0.717, 1.165) is 19.3 Å². The summed E-state index contributed by atoms with van der Waals surface area (Å²) in [6.07, 6.45) is 8.82. The predicted molar refractivity (Wildman–Crippen MR) is 60.3 cm³/mol. The molecule has 0 amide bonds. The average molecular weight is 208 g/mol. The minimum atomic E-state index is -0.463. The molecule has 0 bridgehead atoms. The average Bonchev–Trinajstić information content (AvgIpc) is 2.31. The highest BCUT2D eigenvalue weighted by Gasteiger charge is 2.19. The van der Waals surface area contributed by atoms with Gasteiger partial charge in [-0.3, -0.25) is 9.97 Å². The van der Waals surface area contributed by atoms with Crippen LogP contribution in [0, 0.1) is 5.92 Å². The highest BCUT2D eigenvalue weighted by atomic mass is 16.3. The fraction of sp³-hybridized carbons (Fsp3) is 0.667. The third-order valence-corrected chi connectivity index (χ3v) is 2.79. The Bertz CT molecular complexity index is 264. The molecule has 3 heteroatoms. The van der Waals surface area contributed by atoms with E-state index in [4.69, 9.17) is 0 Å². The van der Waals surface area contributed by atoms with E-state index in [1.807, 2.05) is 0 Å². The Kier molecular flexibility index (Phi) is 5.26. The molecule has 1 rings (SSSR count). The maximum absolute atomic E-state index is 10.1. The van der Waals surface area contributed by atoms with Crippen LogP contribution in [0.25, 0.3) is 0 Å². The minimum absolute atomic E-state index is 0.307. The third kappa shape index (κ3) is 3.59. The third-order valence-electron chi connectivity index (χ3n) is 2.79. The van der Waals surface area contributed by atoms with E-state index in [1.165, 1.54) is 6.42 Å². The molecular weight excluding hydrogens is 188 g/mol. The van der Waals surface area contributed by atoms with Crippen LogP contribution < -0.4 is 0 Å². The molecule has 1 heterocycles. The summed E-state index contributed by atoms with van der Waals surface area (Å²) < 4.78 is 0. The van der Waals surface area contributed by atoms with Crippen LogP contribution in [-0.4, -0.2) is 15.1 Å². The summed E-state index contributed by atoms with van der Waals surface area (Å²) in [5.41, 5.74) is 0.695. The minimum Gasteiger partial charge on any atom is -0.386 e. The topological polar surface area (TPSA) is 46.0 Å². The van der Waals surface area contributed by atoms with Crippen LogP contribution >= 0.6 is 0 Å². The van der Waals surface area contributed by atoms with Crippen molar-refractivity contribution in [1.82, 2.24) is 9.97 Å². The molecule has 0 aliphatic rings. The van der Waals surface area contributed by atoms with Crippen molar-refractivity contribution in [2.75, 3.05) is 0 Å². The van der Waals surface area contributed by atoms with Gasteiger partial charge in [0, 0.05) is 12.4 Å². The Balaban J connectivity index is 2.60. The standard InChI is InChI=1S/C12H20N2O/c1-3-5-6-10(4-2)12(15)11-9-13-7-8-14-11/h7-10,12,15H,3-6H2,1-2H3. The number of rotatable bonds is 6. The van der Waals surface area contributed by atoms with Gasteiger partial charge in [-0.25, -0.2) is 0 Å². The number of nitrogens with zero attached hydrogens (tertiary/aromatic N) is 2. The van der Waals surface area contributed by atoms with Gasteiger partial charge in [0.05, 0.1) is 11.9 Å². The van der Waals surface area contributed by atoms with Crippen molar-refractivity contribution in [1.29, 1.82) is 0 Å². The van der Waals surface area contributed by atoms with Gasteiger partial charge in [-0.1, -0.05) is 33.1 Å². The zero-order chi connectivity index (χ0) is 11.1. The monoisotopic (exact) mass is 208 g/mol. The molecule has 0 aromatic carbocycles. The van der Waals surface area contributed by atoms with Crippen LogP contribution in [0.1, 0.15) is 51.3 Å². The Morgan fingerprint density at radius 2 is 2.13 bits per heavy atom. The molecule has 2 unspecified atom stereocenters. The summed E-state index contributed by atoms with van der Waals surface area (Å²) in [5, 5.41) is 10.1. The van der Waals surface area contributed by atoms with Gasteiger partial charge in [-0.05, 0) is 12.3 Å². The fourth-order valence-electron chi connectivity index (χ4n) is 1.76. The lowest BCUT2D eigenvalue weighted by molar-refractivity contribution is 0.0945. The van der Waals surface area contributed by atoms with Gasteiger partial charge in [0.25, 0.3) is 0 Å². The van der Waals surface area contributed by atoms with Crippen LogP contribution in [0.3, 0.4) is 0 Å². The van der Waals surface area contributed by atoms with E-state index in [9.17, 15) is 5.11 Å². The summed E-state index contributed by atoms with van der Waals surface area (Å²) in [6, 6.07) is 0. The van der Waals surface area contributed by atoms with Crippen molar-refractivity contribution in [3.05, 3.63) is 24.3 Å². The van der Waals surface area contributed by atoms with Gasteiger partial charge < -0.3 is 5.11 Å². The maximum atomic E-state index is 10.1. The van der Waals surface area contributed by atoms with E-state index in [1.54, 1.807) is 18.6 Å². The molecule has 1 aromatic heterocycles. The largest absolute Gasteiger partial charge is 0.386 e. The first-order chi connectivity index (χ1) is 7.29. The van der Waals surface area contributed by atoms with Crippen molar-refractivity contribution < 1.29 is 5.11 Å². The number of hydrogen-bond donors (Lipinski definition) is 1. The zero-order valence-corrected chi connectivity index (χ0v) is 9.56. The van der Waals surface area contributed by atoms with Crippen LogP contribution in [0.15, 0.2) is 18.6 Å². The lowest BCUT2D eigenvalue weighted by Gasteiger charge is -2.20. The number of hydrogen-bond acceptors (Lipinski definition) is 3. The van der Waals surface area contributed by atoms with Gasteiger partial charge in [0.1, 0.15) is 6.10 Å². The molecule has 1 aromatic rings. The Morgan fingerprint density at radius 3 is 2.67 bits per heavy atom. The molecule has 84 valence electrons. The molecule has 0 fully saturated rings. The summed E-state index contributed by atoms with van der Waals surface area (Å²) in [7, 11) is 0. The lowest BCUT2D eigenvalue weighted by atomic mass is 9.92. The molecule has 0 aliphatic heterocycles. The Morgan fingerprint density at radius 1 is 1.33 bits per heavy atom. The maximum Gasteiger partial charge on any atom is 0.100 e. The first-order valence-corrected chi connectivity index (χ1v) is 5.73. The Hall–Kier alpha value is -0.960. The number of unbranched alkanes of at least 4 members (excludes halogenated alkanes) is 1. The van der Waals surface area contributed by atoms with Crippen molar-refractivity contribution >= 4 is 0 Å². The molecule has 3 nitrogen and oxygen atoms in total. The van der Waals surface area contributed by atoms with Crippen molar-refractivity contribution in [2.24, 2.45) is 5.92 Å². The zero-order valence-electron chi connectivity index (χ0n) is 9.56. The van der Waals surface area contributed by atoms with Gasteiger partial charge in [0.2, 0.25) is 0 Å². The molecule has 1 N–H and O–H groups in total. The molecule has 0 radical (unpaired) electrons. The summed E-state index contributed by atoms with van der Waals surface area (Å²) in [6.45, 7) is 4.28. The first-order valence-electron chi connectivity index (χ1n) is 5.73. The highest BCUT2D eigenvalue weighted by molar-refractivity contribution is 5.00.